The van der Waals surface area contributed by atoms with Gasteiger partial charge in [-0.2, -0.15) is 5.26 Å². The van der Waals surface area contributed by atoms with Crippen LogP contribution in [0.5, 0.6) is 5.75 Å². The minimum Gasteiger partial charge on any atom is -0.483 e. The lowest BCUT2D eigenvalue weighted by Crippen LogP contribution is -2.20. The summed E-state index contributed by atoms with van der Waals surface area (Å²) in [5.74, 6) is -0.452. The molecule has 0 bridgehead atoms. The molecular weight excluding hydrogens is 322 g/mol. The molecule has 23 heavy (non-hydrogen) atoms. The number of carbonyl (C=O) groups is 2. The first-order chi connectivity index (χ1) is 11.0. The van der Waals surface area contributed by atoms with Crippen molar-refractivity contribution >= 4 is 34.2 Å². The molecule has 1 aromatic heterocycles. The van der Waals surface area contributed by atoms with Gasteiger partial charge in [-0.25, -0.2) is 0 Å². The molecule has 0 spiro atoms. The minimum absolute atomic E-state index is 0.0270. The van der Waals surface area contributed by atoms with E-state index in [0.717, 1.165) is 6.07 Å². The molecule has 8 nitrogen and oxygen atoms in total. The first-order valence-corrected chi connectivity index (χ1v) is 7.07. The summed E-state index contributed by atoms with van der Waals surface area (Å²) in [6.07, 6.45) is 0.410. The van der Waals surface area contributed by atoms with Crippen LogP contribution in [-0.2, 0) is 4.79 Å². The van der Waals surface area contributed by atoms with Crippen LogP contribution in [0, 0.1) is 21.4 Å². The van der Waals surface area contributed by atoms with Gasteiger partial charge in [-0.15, -0.1) is 11.3 Å². The van der Waals surface area contributed by atoms with Crippen molar-refractivity contribution in [3.63, 3.8) is 0 Å². The third-order valence-electron chi connectivity index (χ3n) is 2.73. The van der Waals surface area contributed by atoms with Crippen molar-refractivity contribution in [1.29, 1.82) is 5.26 Å². The largest absolute Gasteiger partial charge is 0.483 e. The summed E-state index contributed by atoms with van der Waals surface area (Å²) in [5.41, 5.74) is 0.0641. The molecule has 1 N–H and O–H groups in total. The number of non-ortho nitro benzene ring substituents is 1. The zero-order chi connectivity index (χ0) is 16.8. The number of ether oxygens (including phenoxy) is 1. The van der Waals surface area contributed by atoms with Crippen LogP contribution < -0.4 is 10.1 Å². The average Bonchev–Trinajstić information content (AvgIpc) is 2.99. The fraction of sp³-hybridized carbons (Fsp3) is 0.0714. The number of hydrogen-bond acceptors (Lipinski definition) is 7. The Balaban J connectivity index is 2.03. The lowest BCUT2D eigenvalue weighted by atomic mass is 10.2. The van der Waals surface area contributed by atoms with E-state index in [2.05, 4.69) is 5.32 Å². The second-order valence-electron chi connectivity index (χ2n) is 4.21. The average molecular weight is 331 g/mol. The monoisotopic (exact) mass is 331 g/mol. The molecule has 0 fully saturated rings. The summed E-state index contributed by atoms with van der Waals surface area (Å²) < 4.78 is 5.20. The maximum Gasteiger partial charge on any atom is 0.270 e. The Kier molecular flexibility index (Phi) is 5.01. The molecule has 1 amide bonds. The normalized spacial score (nSPS) is 9.70. The quantitative estimate of drug-likeness (QED) is 0.492. The van der Waals surface area contributed by atoms with E-state index in [-0.39, 0.29) is 17.0 Å². The van der Waals surface area contributed by atoms with Gasteiger partial charge >= 0.3 is 0 Å². The molecule has 0 aliphatic heterocycles. The van der Waals surface area contributed by atoms with Crippen LogP contribution in [0.1, 0.15) is 15.9 Å². The van der Waals surface area contributed by atoms with Crippen LogP contribution in [0.4, 0.5) is 10.7 Å². The number of nitrogens with one attached hydrogen (secondary N) is 1. The predicted octanol–water partition coefficient (Wildman–Crippen LogP) is 2.36. The van der Waals surface area contributed by atoms with Gasteiger partial charge in [0.05, 0.1) is 16.1 Å². The predicted molar refractivity (Wildman–Crippen MR) is 81.6 cm³/mol. The number of anilines is 1. The second-order valence-corrected chi connectivity index (χ2v) is 5.13. The number of carbonyl (C=O) groups excluding carboxylic acids is 2. The summed E-state index contributed by atoms with van der Waals surface area (Å²) in [6, 6.07) is 6.99. The highest BCUT2D eigenvalue weighted by Gasteiger charge is 2.13. The molecule has 116 valence electrons. The van der Waals surface area contributed by atoms with E-state index in [0.29, 0.717) is 16.9 Å². The molecule has 0 aliphatic rings. The molecule has 9 heteroatoms. The van der Waals surface area contributed by atoms with Crippen LogP contribution in [0.15, 0.2) is 29.6 Å². The Morgan fingerprint density at radius 2 is 2.26 bits per heavy atom. The maximum absolute atomic E-state index is 11.8. The van der Waals surface area contributed by atoms with Gasteiger partial charge in [-0.05, 0) is 17.5 Å². The second kappa shape index (κ2) is 7.15. The number of rotatable bonds is 6. The van der Waals surface area contributed by atoms with Gasteiger partial charge in [-0.3, -0.25) is 19.7 Å². The van der Waals surface area contributed by atoms with E-state index in [1.54, 1.807) is 11.4 Å². The van der Waals surface area contributed by atoms with Crippen LogP contribution in [0.3, 0.4) is 0 Å². The fourth-order valence-electron chi connectivity index (χ4n) is 1.67. The zero-order valence-corrected chi connectivity index (χ0v) is 12.3. The molecular formula is C14H9N3O5S. The molecule has 0 radical (unpaired) electrons. The summed E-state index contributed by atoms with van der Waals surface area (Å²) in [4.78, 5) is 32.7. The van der Waals surface area contributed by atoms with Crippen molar-refractivity contribution in [2.45, 2.75) is 0 Å². The molecule has 0 aliphatic carbocycles. The van der Waals surface area contributed by atoms with Crippen molar-refractivity contribution in [2.75, 3.05) is 11.9 Å². The SMILES string of the molecule is N#Cc1ccsc1NC(=O)COc1ccc([N+](=O)[O-])cc1C=O. The number of amides is 1. The Morgan fingerprint density at radius 3 is 2.91 bits per heavy atom. The smallest absolute Gasteiger partial charge is 0.270 e. The molecule has 2 rings (SSSR count). The number of nitro groups is 1. The van der Waals surface area contributed by atoms with Gasteiger partial charge < -0.3 is 10.1 Å². The van der Waals surface area contributed by atoms with Gasteiger partial charge in [-0.1, -0.05) is 0 Å². The number of hydrogen-bond donors (Lipinski definition) is 1. The Morgan fingerprint density at radius 1 is 1.48 bits per heavy atom. The van der Waals surface area contributed by atoms with E-state index in [1.165, 1.54) is 23.5 Å². The fourth-order valence-corrected chi connectivity index (χ4v) is 2.43. The molecule has 0 atom stereocenters. The number of nitro benzene ring substituents is 1. The van der Waals surface area contributed by atoms with Crippen molar-refractivity contribution in [1.82, 2.24) is 0 Å². The van der Waals surface area contributed by atoms with Crippen LogP contribution >= 0.6 is 11.3 Å². The molecule has 2 aromatic rings. The Labute approximate surface area is 134 Å². The van der Waals surface area contributed by atoms with E-state index in [4.69, 9.17) is 10.00 Å². The van der Waals surface area contributed by atoms with Crippen LogP contribution in [-0.4, -0.2) is 23.7 Å². The van der Waals surface area contributed by atoms with Crippen molar-refractivity contribution in [3.8, 4) is 11.8 Å². The summed E-state index contributed by atoms with van der Waals surface area (Å²) in [5, 5.41) is 24.1. The van der Waals surface area contributed by atoms with Gasteiger partial charge in [0.2, 0.25) is 0 Å². The van der Waals surface area contributed by atoms with Crippen molar-refractivity contribution in [3.05, 3.63) is 50.9 Å². The molecule has 0 saturated carbocycles. The summed E-state index contributed by atoms with van der Waals surface area (Å²) in [7, 11) is 0. The minimum atomic E-state index is -0.635. The van der Waals surface area contributed by atoms with Gasteiger partial charge in [0.15, 0.2) is 12.9 Å². The molecule has 1 aromatic carbocycles. The standard InChI is InChI=1S/C14H9N3O5S/c15-6-9-3-4-23-14(9)16-13(19)8-22-12-2-1-11(17(20)21)5-10(12)7-18/h1-5,7H,8H2,(H,16,19). The van der Waals surface area contributed by atoms with Gasteiger partial charge in [0, 0.05) is 12.1 Å². The van der Waals surface area contributed by atoms with Crippen LogP contribution in [0.2, 0.25) is 0 Å². The maximum atomic E-state index is 11.8. The third kappa shape index (κ3) is 3.90. The number of nitrogens with zero attached hydrogens (tertiary/aromatic N) is 2. The lowest BCUT2D eigenvalue weighted by molar-refractivity contribution is -0.384. The van der Waals surface area contributed by atoms with E-state index >= 15 is 0 Å². The molecule has 0 saturated heterocycles. The first-order valence-electron chi connectivity index (χ1n) is 6.19. The highest BCUT2D eigenvalue weighted by molar-refractivity contribution is 7.14. The van der Waals surface area contributed by atoms with Crippen LogP contribution in [0.25, 0.3) is 0 Å². The Bertz CT molecular complexity index is 809. The van der Waals surface area contributed by atoms with E-state index in [9.17, 15) is 19.7 Å². The number of thiophene rings is 1. The van der Waals surface area contributed by atoms with Gasteiger partial charge in [0.25, 0.3) is 11.6 Å². The number of aldehydes is 1. The van der Waals surface area contributed by atoms with Crippen molar-refractivity contribution in [2.24, 2.45) is 0 Å². The summed E-state index contributed by atoms with van der Waals surface area (Å²) >= 11 is 1.20. The third-order valence-corrected chi connectivity index (χ3v) is 3.56. The molecule has 1 heterocycles. The Hall–Kier alpha value is -3.25. The highest BCUT2D eigenvalue weighted by Crippen LogP contribution is 2.24. The zero-order valence-electron chi connectivity index (χ0n) is 11.5. The highest BCUT2D eigenvalue weighted by atomic mass is 32.1. The topological polar surface area (TPSA) is 122 Å². The van der Waals surface area contributed by atoms with Gasteiger partial charge in [0.1, 0.15) is 16.8 Å². The molecule has 0 unspecified atom stereocenters. The van der Waals surface area contributed by atoms with Crippen molar-refractivity contribution < 1.29 is 19.2 Å². The lowest BCUT2D eigenvalue weighted by Gasteiger charge is -2.08. The summed E-state index contributed by atoms with van der Waals surface area (Å²) in [6.45, 7) is -0.401. The number of benzene rings is 1. The first kappa shape index (κ1) is 16.1. The van der Waals surface area contributed by atoms with E-state index < -0.39 is 17.4 Å². The number of nitriles is 1. The van der Waals surface area contributed by atoms with E-state index in [1.807, 2.05) is 6.07 Å².